The van der Waals surface area contributed by atoms with Gasteiger partial charge in [0.25, 0.3) is 5.91 Å². The third-order valence-electron chi connectivity index (χ3n) is 6.37. The zero-order valence-corrected chi connectivity index (χ0v) is 19.9. The number of anilines is 1. The zero-order chi connectivity index (χ0) is 23.7. The molecule has 3 heterocycles. The highest BCUT2D eigenvalue weighted by atomic mass is 32.2. The maximum absolute atomic E-state index is 12.5. The number of pyridine rings is 1. The van der Waals surface area contributed by atoms with Crippen molar-refractivity contribution in [1.82, 2.24) is 19.9 Å². The Hall–Kier alpha value is -3.43. The lowest BCUT2D eigenvalue weighted by Crippen LogP contribution is -2.50. The fourth-order valence-electron chi connectivity index (χ4n) is 4.68. The molecule has 2 aliphatic carbocycles. The first kappa shape index (κ1) is 22.4. The van der Waals surface area contributed by atoms with Gasteiger partial charge in [0, 0.05) is 49.5 Å². The highest BCUT2D eigenvalue weighted by Gasteiger charge is 2.26. The number of nitrogens with zero attached hydrogens (tertiary/aromatic N) is 5. The lowest BCUT2D eigenvalue weighted by molar-refractivity contribution is -0.127. The van der Waals surface area contributed by atoms with Crippen LogP contribution in [0.25, 0.3) is 16.8 Å². The van der Waals surface area contributed by atoms with Crippen LogP contribution in [0.15, 0.2) is 65.1 Å². The Morgan fingerprint density at radius 1 is 1.12 bits per heavy atom. The van der Waals surface area contributed by atoms with E-state index >= 15 is 0 Å². The second kappa shape index (κ2) is 9.44. The summed E-state index contributed by atoms with van der Waals surface area (Å²) in [5, 5.41) is 6.88. The van der Waals surface area contributed by atoms with Crippen LogP contribution < -0.4 is 15.8 Å². The smallest absolute Gasteiger partial charge is 0.270 e. The third kappa shape index (κ3) is 4.36. The van der Waals surface area contributed by atoms with Crippen LogP contribution >= 0.6 is 11.9 Å². The van der Waals surface area contributed by atoms with Crippen LogP contribution in [0.2, 0.25) is 0 Å². The maximum atomic E-state index is 12.5. The first-order valence-corrected chi connectivity index (χ1v) is 12.2. The molecule has 0 aromatic carbocycles. The molecule has 1 amide bonds. The number of hydrogen-bond acceptors (Lipinski definition) is 8. The average molecular weight is 474 g/mol. The molecule has 34 heavy (non-hydrogen) atoms. The van der Waals surface area contributed by atoms with Crippen molar-refractivity contribution >= 4 is 29.2 Å². The van der Waals surface area contributed by atoms with Crippen LogP contribution in [-0.2, 0) is 11.2 Å². The van der Waals surface area contributed by atoms with E-state index in [-0.39, 0.29) is 11.6 Å². The number of fused-ring (bicyclic) bond motifs is 6. The largest absolute Gasteiger partial charge is 0.394 e. The van der Waals surface area contributed by atoms with E-state index < -0.39 is 0 Å². The van der Waals surface area contributed by atoms with E-state index in [4.69, 9.17) is 20.8 Å². The lowest BCUT2D eigenvalue weighted by Gasteiger charge is -2.35. The van der Waals surface area contributed by atoms with Gasteiger partial charge in [-0.2, -0.15) is 0 Å². The van der Waals surface area contributed by atoms with Crippen molar-refractivity contribution in [2.24, 2.45) is 10.9 Å². The topological polar surface area (TPSA) is 114 Å². The summed E-state index contributed by atoms with van der Waals surface area (Å²) in [5.74, 6) is 0.628. The molecule has 3 aliphatic rings. The van der Waals surface area contributed by atoms with Gasteiger partial charge >= 0.3 is 0 Å². The quantitative estimate of drug-likeness (QED) is 0.517. The molecule has 174 valence electrons. The standard InChI is InChI=1S/C25H27N7OS/c1-16-2-3-18-11-17(10-16)12-19-13-28-5-4-20(19)24-23(18)29-14-22(30-24)31-6-8-32(9-7-31)25(33)21(26)15-34-27/h2-5,10,13-15H,6-9,11-12,26-27H2,1H3/b21-15-. The minimum absolute atomic E-state index is 0.168. The molecular formula is C25H27N7OS. The molecule has 0 atom stereocenters. The molecule has 1 fully saturated rings. The highest BCUT2D eigenvalue weighted by Crippen LogP contribution is 2.38. The Morgan fingerprint density at radius 2 is 1.94 bits per heavy atom. The van der Waals surface area contributed by atoms with Gasteiger partial charge in [-0.1, -0.05) is 41.3 Å². The predicted octanol–water partition coefficient (Wildman–Crippen LogP) is 2.81. The van der Waals surface area contributed by atoms with Gasteiger partial charge in [-0.15, -0.1) is 0 Å². The minimum Gasteiger partial charge on any atom is -0.394 e. The van der Waals surface area contributed by atoms with E-state index in [1.807, 2.05) is 24.7 Å². The molecule has 1 aliphatic heterocycles. The summed E-state index contributed by atoms with van der Waals surface area (Å²) >= 11 is 0.939. The number of nitrogens with two attached hydrogens (primary N) is 2. The summed E-state index contributed by atoms with van der Waals surface area (Å²) in [6.45, 7) is 4.56. The Labute approximate surface area is 203 Å². The number of aromatic nitrogens is 3. The number of carbonyl (C=O) groups excluding carboxylic acids is 1. The molecule has 8 nitrogen and oxygen atoms in total. The molecule has 2 aromatic rings. The van der Waals surface area contributed by atoms with Gasteiger partial charge in [0.15, 0.2) is 0 Å². The van der Waals surface area contributed by atoms with E-state index in [0.717, 1.165) is 53.1 Å². The number of carbonyl (C=O) groups is 1. The summed E-state index contributed by atoms with van der Waals surface area (Å²) in [6, 6.07) is 2.03. The van der Waals surface area contributed by atoms with Crippen LogP contribution in [0.5, 0.6) is 0 Å². The number of amides is 1. The molecule has 1 saturated heterocycles. The van der Waals surface area contributed by atoms with Crippen molar-refractivity contribution in [3.8, 4) is 11.3 Å². The summed E-state index contributed by atoms with van der Waals surface area (Å²) in [4.78, 5) is 30.8. The number of allylic oxidation sites excluding steroid dienone is 6. The Bertz CT molecular complexity index is 1260. The molecule has 2 bridgehead atoms. The van der Waals surface area contributed by atoms with Gasteiger partial charge in [-0.25, -0.2) is 4.98 Å². The van der Waals surface area contributed by atoms with Crippen molar-refractivity contribution in [2.45, 2.75) is 19.8 Å². The van der Waals surface area contributed by atoms with Crippen molar-refractivity contribution < 1.29 is 4.79 Å². The molecule has 0 unspecified atom stereocenters. The van der Waals surface area contributed by atoms with Gasteiger partial charge in [0.05, 0.1) is 17.6 Å². The van der Waals surface area contributed by atoms with E-state index in [1.165, 1.54) is 22.1 Å². The van der Waals surface area contributed by atoms with Gasteiger partial charge in [0.1, 0.15) is 11.5 Å². The molecule has 0 spiro atoms. The Balaban J connectivity index is 1.47. The Morgan fingerprint density at radius 3 is 2.74 bits per heavy atom. The number of rotatable bonds is 3. The lowest BCUT2D eigenvalue weighted by atomic mass is 9.89. The molecule has 9 heteroatoms. The molecule has 5 rings (SSSR count). The fraction of sp³-hybridized carbons (Fsp3) is 0.280. The van der Waals surface area contributed by atoms with Gasteiger partial charge in [-0.3, -0.25) is 19.9 Å². The first-order valence-electron chi connectivity index (χ1n) is 11.3. The van der Waals surface area contributed by atoms with Crippen LogP contribution in [0.4, 0.5) is 5.82 Å². The second-order valence-corrected chi connectivity index (χ2v) is 9.21. The third-order valence-corrected chi connectivity index (χ3v) is 6.76. The Kier molecular flexibility index (Phi) is 6.21. The maximum Gasteiger partial charge on any atom is 0.270 e. The van der Waals surface area contributed by atoms with E-state index in [1.54, 1.807) is 4.90 Å². The predicted molar refractivity (Wildman–Crippen MR) is 136 cm³/mol. The monoisotopic (exact) mass is 473 g/mol. The number of piperazine rings is 1. The highest BCUT2D eigenvalue weighted by molar-refractivity contribution is 8.00. The van der Waals surface area contributed by atoms with Crippen molar-refractivity contribution in [1.29, 1.82) is 0 Å². The zero-order valence-electron chi connectivity index (χ0n) is 19.1. The fourth-order valence-corrected chi connectivity index (χ4v) is 4.92. The summed E-state index contributed by atoms with van der Waals surface area (Å²) in [7, 11) is 0. The van der Waals surface area contributed by atoms with E-state index in [9.17, 15) is 4.79 Å². The van der Waals surface area contributed by atoms with Gasteiger partial charge in [-0.05, 0) is 37.0 Å². The molecule has 0 saturated carbocycles. The van der Waals surface area contributed by atoms with Gasteiger partial charge in [0.2, 0.25) is 0 Å². The summed E-state index contributed by atoms with van der Waals surface area (Å²) in [6.07, 6.45) is 13.9. The molecular weight excluding hydrogens is 446 g/mol. The summed E-state index contributed by atoms with van der Waals surface area (Å²) in [5.41, 5.74) is 13.8. The molecule has 0 radical (unpaired) electrons. The van der Waals surface area contributed by atoms with Crippen molar-refractivity contribution in [3.63, 3.8) is 0 Å². The molecule has 4 N–H and O–H groups in total. The SMILES string of the molecule is CC1=CC=C2CC(=C1)Cc1cnccc1-c1nc(N3CCN(C(=O)/C(N)=C/SN)CC3)cnc12. The van der Waals surface area contributed by atoms with Crippen LogP contribution in [0.3, 0.4) is 0 Å². The van der Waals surface area contributed by atoms with Crippen molar-refractivity contribution in [3.05, 3.63) is 76.4 Å². The van der Waals surface area contributed by atoms with Crippen molar-refractivity contribution in [2.75, 3.05) is 31.1 Å². The van der Waals surface area contributed by atoms with Crippen LogP contribution in [0.1, 0.15) is 24.6 Å². The van der Waals surface area contributed by atoms with E-state index in [0.29, 0.717) is 26.2 Å². The first-order chi connectivity index (χ1) is 16.5. The minimum atomic E-state index is -0.184. The van der Waals surface area contributed by atoms with Crippen LogP contribution in [-0.4, -0.2) is 51.9 Å². The summed E-state index contributed by atoms with van der Waals surface area (Å²) < 4.78 is 0. The number of hydrogen-bond donors (Lipinski definition) is 2. The van der Waals surface area contributed by atoms with Crippen LogP contribution in [0, 0.1) is 0 Å². The van der Waals surface area contributed by atoms with E-state index in [2.05, 4.69) is 35.0 Å². The molecule has 2 aromatic heterocycles. The second-order valence-electron chi connectivity index (χ2n) is 8.71. The average Bonchev–Trinajstić information content (AvgIpc) is 3.04. The normalized spacial score (nSPS) is 17.9. The van der Waals surface area contributed by atoms with Gasteiger partial charge < -0.3 is 15.5 Å².